The molecule has 0 amide bonds. The first-order valence-electron chi connectivity index (χ1n) is 7.46. The summed E-state index contributed by atoms with van der Waals surface area (Å²) in [5.41, 5.74) is 4.22. The number of Topliss-reactive ketones (excluding diaryl/α,β-unsaturated/α-hetero) is 1. The molecule has 21 heavy (non-hydrogen) atoms. The number of carbonyl (C=O) groups is 1. The van der Waals surface area contributed by atoms with Gasteiger partial charge < -0.3 is 4.90 Å². The molecule has 1 aromatic rings. The van der Waals surface area contributed by atoms with Gasteiger partial charge in [0.05, 0.1) is 0 Å². The van der Waals surface area contributed by atoms with Gasteiger partial charge in [-0.05, 0) is 32.8 Å². The summed E-state index contributed by atoms with van der Waals surface area (Å²) in [6.07, 6.45) is 6.37. The molecular weight excluding hydrogens is 284 g/mol. The van der Waals surface area contributed by atoms with E-state index in [0.29, 0.717) is 11.6 Å². The van der Waals surface area contributed by atoms with Crippen molar-refractivity contribution in [3.63, 3.8) is 0 Å². The molecule has 1 aliphatic heterocycles. The van der Waals surface area contributed by atoms with Gasteiger partial charge in [-0.2, -0.15) is 0 Å². The molecule has 0 radical (unpaired) electrons. The average molecular weight is 303 g/mol. The van der Waals surface area contributed by atoms with Crippen LogP contribution in [0.5, 0.6) is 0 Å². The van der Waals surface area contributed by atoms with E-state index in [1.165, 1.54) is 11.4 Å². The van der Waals surface area contributed by atoms with Crippen molar-refractivity contribution in [2.45, 2.75) is 39.0 Å². The maximum absolute atomic E-state index is 12.5. The molecule has 0 spiro atoms. The maximum Gasteiger partial charge on any atom is 0.161 e. The van der Waals surface area contributed by atoms with Crippen LogP contribution < -0.4 is 0 Å². The predicted molar refractivity (Wildman–Crippen MR) is 84.0 cm³/mol. The van der Waals surface area contributed by atoms with Gasteiger partial charge in [-0.1, -0.05) is 23.7 Å². The molecule has 1 atom stereocenters. The van der Waals surface area contributed by atoms with E-state index in [0.717, 1.165) is 30.5 Å². The lowest BCUT2D eigenvalue weighted by Gasteiger charge is -2.38. The molecule has 0 bridgehead atoms. The Labute approximate surface area is 130 Å². The first-order chi connectivity index (χ1) is 10.1. The zero-order chi connectivity index (χ0) is 15.0. The number of carbonyl (C=O) groups excluding carboxylic acids is 1. The summed E-state index contributed by atoms with van der Waals surface area (Å²) >= 11 is 6.27. The molecule has 3 rings (SSSR count). The maximum atomic E-state index is 12.5. The van der Waals surface area contributed by atoms with E-state index in [1.54, 1.807) is 6.20 Å². The van der Waals surface area contributed by atoms with E-state index in [4.69, 9.17) is 11.6 Å². The molecule has 0 N–H and O–H groups in total. The molecule has 1 aliphatic carbocycles. The predicted octanol–water partition coefficient (Wildman–Crippen LogP) is 4.07. The molecule has 1 unspecified atom stereocenters. The standard InChI is InChI=1S/C17H19ClN2O/c1-3-20-11(2)10-13(12-6-5-9-19-17(12)18)16-14(20)7-4-8-15(16)21/h5-6,9-10,13H,3-4,7-8H2,1-2H3. The van der Waals surface area contributed by atoms with Gasteiger partial charge in [0.1, 0.15) is 5.15 Å². The lowest BCUT2D eigenvalue weighted by molar-refractivity contribution is -0.116. The van der Waals surface area contributed by atoms with Gasteiger partial charge in [0.25, 0.3) is 0 Å². The third-order valence-electron chi connectivity index (χ3n) is 4.34. The molecule has 1 aromatic heterocycles. The number of pyridine rings is 1. The molecule has 0 aromatic carbocycles. The quantitative estimate of drug-likeness (QED) is 0.772. The zero-order valence-corrected chi connectivity index (χ0v) is 13.2. The minimum atomic E-state index is -0.0585. The summed E-state index contributed by atoms with van der Waals surface area (Å²) in [7, 11) is 0. The second-order valence-corrected chi connectivity index (χ2v) is 5.91. The fourth-order valence-corrected chi connectivity index (χ4v) is 3.66. The van der Waals surface area contributed by atoms with Crippen LogP contribution in [0.1, 0.15) is 44.6 Å². The van der Waals surface area contributed by atoms with Crippen molar-refractivity contribution < 1.29 is 4.79 Å². The van der Waals surface area contributed by atoms with Crippen molar-refractivity contribution in [1.82, 2.24) is 9.88 Å². The summed E-state index contributed by atoms with van der Waals surface area (Å²) < 4.78 is 0. The van der Waals surface area contributed by atoms with Crippen molar-refractivity contribution in [3.05, 3.63) is 52.1 Å². The highest BCUT2D eigenvalue weighted by Crippen LogP contribution is 2.42. The Balaban J connectivity index is 2.16. The summed E-state index contributed by atoms with van der Waals surface area (Å²) in [5, 5.41) is 0.488. The monoisotopic (exact) mass is 302 g/mol. The lowest BCUT2D eigenvalue weighted by Crippen LogP contribution is -2.32. The number of allylic oxidation sites excluding steroid dienone is 4. The Morgan fingerprint density at radius 2 is 2.24 bits per heavy atom. The number of hydrogen-bond donors (Lipinski definition) is 0. The fraction of sp³-hybridized carbons (Fsp3) is 0.412. The van der Waals surface area contributed by atoms with E-state index in [1.807, 2.05) is 12.1 Å². The SMILES string of the molecule is CCN1C(C)=CC(c2cccnc2Cl)C2=C1CCCC2=O. The number of nitrogens with zero attached hydrogens (tertiary/aromatic N) is 2. The van der Waals surface area contributed by atoms with E-state index >= 15 is 0 Å². The highest BCUT2D eigenvalue weighted by atomic mass is 35.5. The van der Waals surface area contributed by atoms with Crippen LogP contribution in [0.15, 0.2) is 41.4 Å². The highest BCUT2D eigenvalue weighted by Gasteiger charge is 2.34. The summed E-state index contributed by atoms with van der Waals surface area (Å²) in [6.45, 7) is 5.12. The van der Waals surface area contributed by atoms with Gasteiger partial charge in [0.2, 0.25) is 0 Å². The van der Waals surface area contributed by atoms with Crippen LogP contribution in [0, 0.1) is 0 Å². The second-order valence-electron chi connectivity index (χ2n) is 5.55. The van der Waals surface area contributed by atoms with Crippen LogP contribution in [0.4, 0.5) is 0 Å². The summed E-state index contributed by atoms with van der Waals surface area (Å²) in [5.74, 6) is 0.195. The lowest BCUT2D eigenvalue weighted by atomic mass is 9.79. The zero-order valence-electron chi connectivity index (χ0n) is 12.4. The smallest absolute Gasteiger partial charge is 0.161 e. The third-order valence-corrected chi connectivity index (χ3v) is 4.65. The summed E-state index contributed by atoms with van der Waals surface area (Å²) in [4.78, 5) is 18.9. The third kappa shape index (κ3) is 2.40. The van der Waals surface area contributed by atoms with Gasteiger partial charge >= 0.3 is 0 Å². The van der Waals surface area contributed by atoms with Crippen LogP contribution in [-0.4, -0.2) is 22.2 Å². The summed E-state index contributed by atoms with van der Waals surface area (Å²) in [6, 6.07) is 3.85. The van der Waals surface area contributed by atoms with Crippen molar-refractivity contribution in [2.24, 2.45) is 0 Å². The molecule has 4 heteroatoms. The van der Waals surface area contributed by atoms with Crippen LogP contribution in [0.25, 0.3) is 0 Å². The van der Waals surface area contributed by atoms with Crippen molar-refractivity contribution in [2.75, 3.05) is 6.54 Å². The van der Waals surface area contributed by atoms with E-state index in [9.17, 15) is 4.79 Å². The second kappa shape index (κ2) is 5.64. The molecule has 0 fully saturated rings. The number of rotatable bonds is 2. The molecule has 0 saturated carbocycles. The molecule has 3 nitrogen and oxygen atoms in total. The van der Waals surface area contributed by atoms with Crippen LogP contribution >= 0.6 is 11.6 Å². The Morgan fingerprint density at radius 1 is 1.43 bits per heavy atom. The van der Waals surface area contributed by atoms with Crippen molar-refractivity contribution in [1.29, 1.82) is 0 Å². The van der Waals surface area contributed by atoms with Gasteiger partial charge in [0, 0.05) is 47.6 Å². The van der Waals surface area contributed by atoms with E-state index < -0.39 is 0 Å². The first-order valence-corrected chi connectivity index (χ1v) is 7.84. The molecular formula is C17H19ClN2O. The normalized spacial score (nSPS) is 22.2. The number of hydrogen-bond acceptors (Lipinski definition) is 3. The van der Waals surface area contributed by atoms with Gasteiger partial charge in [-0.3, -0.25) is 4.79 Å². The topological polar surface area (TPSA) is 33.2 Å². The Hall–Kier alpha value is -1.61. The number of aromatic nitrogens is 1. The van der Waals surface area contributed by atoms with E-state index in [2.05, 4.69) is 29.8 Å². The van der Waals surface area contributed by atoms with Crippen LogP contribution in [-0.2, 0) is 4.79 Å². The molecule has 0 saturated heterocycles. The molecule has 2 aliphatic rings. The average Bonchev–Trinajstić information content (AvgIpc) is 2.47. The number of halogens is 1. The first kappa shape index (κ1) is 14.3. The Bertz CT molecular complexity index is 648. The van der Waals surface area contributed by atoms with Gasteiger partial charge in [-0.15, -0.1) is 0 Å². The van der Waals surface area contributed by atoms with Crippen molar-refractivity contribution >= 4 is 17.4 Å². The van der Waals surface area contributed by atoms with Crippen LogP contribution in [0.2, 0.25) is 5.15 Å². The van der Waals surface area contributed by atoms with Crippen molar-refractivity contribution in [3.8, 4) is 0 Å². The molecule has 110 valence electrons. The fourth-order valence-electron chi connectivity index (χ4n) is 3.42. The highest BCUT2D eigenvalue weighted by molar-refractivity contribution is 6.30. The van der Waals surface area contributed by atoms with E-state index in [-0.39, 0.29) is 11.7 Å². The van der Waals surface area contributed by atoms with Gasteiger partial charge in [-0.25, -0.2) is 4.98 Å². The molecule has 2 heterocycles. The Kier molecular flexibility index (Phi) is 3.85. The Morgan fingerprint density at radius 3 is 2.95 bits per heavy atom. The largest absolute Gasteiger partial charge is 0.349 e. The van der Waals surface area contributed by atoms with Gasteiger partial charge in [0.15, 0.2) is 5.78 Å². The minimum absolute atomic E-state index is 0.0585. The minimum Gasteiger partial charge on any atom is -0.349 e. The number of ketones is 1. The van der Waals surface area contributed by atoms with Crippen LogP contribution in [0.3, 0.4) is 0 Å².